The van der Waals surface area contributed by atoms with Gasteiger partial charge in [0, 0.05) is 12.5 Å². The molecule has 0 saturated carbocycles. The van der Waals surface area contributed by atoms with Gasteiger partial charge in [-0.25, -0.2) is 26.4 Å². The van der Waals surface area contributed by atoms with Gasteiger partial charge in [0.2, 0.25) is 10.0 Å². The fourth-order valence-electron chi connectivity index (χ4n) is 2.25. The highest BCUT2D eigenvalue weighted by molar-refractivity contribution is 7.92. The molecule has 9 heteroatoms. The maximum atomic E-state index is 12.3. The van der Waals surface area contributed by atoms with E-state index in [0.29, 0.717) is 0 Å². The van der Waals surface area contributed by atoms with Crippen molar-refractivity contribution in [2.24, 2.45) is 0 Å². The van der Waals surface area contributed by atoms with Crippen molar-refractivity contribution in [3.05, 3.63) is 29.8 Å². The molecule has 0 radical (unpaired) electrons. The summed E-state index contributed by atoms with van der Waals surface area (Å²) in [6.45, 7) is 0.0461. The van der Waals surface area contributed by atoms with Crippen LogP contribution >= 0.6 is 0 Å². The maximum absolute atomic E-state index is 12.3. The van der Waals surface area contributed by atoms with Crippen LogP contribution in [0.1, 0.15) is 23.2 Å². The zero-order valence-electron chi connectivity index (χ0n) is 12.8. The number of benzene rings is 1. The van der Waals surface area contributed by atoms with Crippen molar-refractivity contribution in [3.8, 4) is 12.3 Å². The lowest BCUT2D eigenvalue weighted by atomic mass is 10.2. The molecule has 130 valence electrons. The number of carbonyl (C=O) groups is 1. The second-order valence-corrected chi connectivity index (χ2v) is 9.28. The van der Waals surface area contributed by atoms with Gasteiger partial charge in [-0.15, -0.1) is 12.3 Å². The first kappa shape index (κ1) is 18.4. The molecule has 1 aromatic rings. The number of sulfone groups is 1. The first-order valence-electron chi connectivity index (χ1n) is 7.17. The van der Waals surface area contributed by atoms with E-state index in [0.717, 1.165) is 0 Å². The second-order valence-electron chi connectivity index (χ2n) is 5.34. The Bertz CT molecular complexity index is 867. The van der Waals surface area contributed by atoms with Crippen LogP contribution in [0.2, 0.25) is 0 Å². The standard InChI is InChI=1S/C15H17NO6S2/c1-2-3-8-22-15(17)12-5-4-6-14(10-12)24(20,21)16-13-7-9-23(18,19)11-13/h1,4-6,10,13,16H,3,7-9,11H2. The number of nitrogens with one attached hydrogen (secondary N) is 1. The summed E-state index contributed by atoms with van der Waals surface area (Å²) in [7, 11) is -7.13. The SMILES string of the molecule is C#CCCOC(=O)c1cccc(S(=O)(=O)NC2CCS(=O)(=O)C2)c1. The first-order valence-corrected chi connectivity index (χ1v) is 10.5. The number of esters is 1. The fraction of sp³-hybridized carbons (Fsp3) is 0.400. The number of terminal acetylenes is 1. The Morgan fingerprint density at radius 3 is 2.79 bits per heavy atom. The zero-order valence-corrected chi connectivity index (χ0v) is 14.4. The van der Waals surface area contributed by atoms with Crippen LogP contribution in [0.5, 0.6) is 0 Å². The molecule has 2 rings (SSSR count). The molecule has 0 bridgehead atoms. The minimum absolute atomic E-state index is 0.0399. The van der Waals surface area contributed by atoms with Gasteiger partial charge in [0.1, 0.15) is 6.61 Å². The highest BCUT2D eigenvalue weighted by Gasteiger charge is 2.31. The van der Waals surface area contributed by atoms with E-state index in [2.05, 4.69) is 10.6 Å². The largest absolute Gasteiger partial charge is 0.461 e. The topological polar surface area (TPSA) is 107 Å². The Hall–Kier alpha value is -1.89. The normalized spacial score (nSPS) is 19.5. The van der Waals surface area contributed by atoms with E-state index in [1.54, 1.807) is 0 Å². The van der Waals surface area contributed by atoms with Gasteiger partial charge in [-0.1, -0.05) is 6.07 Å². The summed E-state index contributed by atoms with van der Waals surface area (Å²) in [6, 6.07) is 4.69. The summed E-state index contributed by atoms with van der Waals surface area (Å²) in [6.07, 6.45) is 5.56. The van der Waals surface area contributed by atoms with Crippen molar-refractivity contribution < 1.29 is 26.4 Å². The predicted octanol–water partition coefficient (Wildman–Crippen LogP) is 0.332. The molecule has 1 aliphatic heterocycles. The molecule has 24 heavy (non-hydrogen) atoms. The molecule has 0 amide bonds. The molecular weight excluding hydrogens is 354 g/mol. The van der Waals surface area contributed by atoms with Crippen molar-refractivity contribution >= 4 is 25.8 Å². The van der Waals surface area contributed by atoms with E-state index >= 15 is 0 Å². The van der Waals surface area contributed by atoms with Gasteiger partial charge in [0.15, 0.2) is 9.84 Å². The number of ether oxygens (including phenoxy) is 1. The Morgan fingerprint density at radius 1 is 1.42 bits per heavy atom. The third kappa shape index (κ3) is 4.80. The average molecular weight is 371 g/mol. The van der Waals surface area contributed by atoms with Gasteiger partial charge in [-0.2, -0.15) is 0 Å². The predicted molar refractivity (Wildman–Crippen MR) is 87.6 cm³/mol. The minimum Gasteiger partial charge on any atom is -0.461 e. The number of carbonyl (C=O) groups excluding carboxylic acids is 1. The van der Waals surface area contributed by atoms with E-state index in [1.165, 1.54) is 24.3 Å². The van der Waals surface area contributed by atoms with E-state index in [4.69, 9.17) is 11.2 Å². The third-order valence-electron chi connectivity index (χ3n) is 3.41. The highest BCUT2D eigenvalue weighted by Crippen LogP contribution is 2.17. The van der Waals surface area contributed by atoms with Crippen molar-refractivity contribution in [1.29, 1.82) is 0 Å². The molecule has 0 spiro atoms. The van der Waals surface area contributed by atoms with Gasteiger partial charge in [-0.3, -0.25) is 0 Å². The van der Waals surface area contributed by atoms with Crippen molar-refractivity contribution in [2.75, 3.05) is 18.1 Å². The molecule has 0 aliphatic carbocycles. The lowest BCUT2D eigenvalue weighted by molar-refractivity contribution is 0.0513. The molecule has 1 fully saturated rings. The van der Waals surface area contributed by atoms with Crippen LogP contribution in [0.3, 0.4) is 0 Å². The molecule has 1 saturated heterocycles. The molecule has 1 unspecified atom stereocenters. The maximum Gasteiger partial charge on any atom is 0.338 e. The Kier molecular flexibility index (Phi) is 5.64. The van der Waals surface area contributed by atoms with Crippen LogP contribution in [-0.4, -0.2) is 47.0 Å². The molecule has 7 nitrogen and oxygen atoms in total. The second kappa shape index (κ2) is 7.34. The summed E-state index contributed by atoms with van der Waals surface area (Å²) >= 11 is 0. The van der Waals surface area contributed by atoms with Gasteiger partial charge < -0.3 is 4.74 Å². The summed E-state index contributed by atoms with van der Waals surface area (Å²) < 4.78 is 54.8. The molecular formula is C15H17NO6S2. The average Bonchev–Trinajstić information content (AvgIpc) is 2.85. The van der Waals surface area contributed by atoms with Crippen LogP contribution < -0.4 is 4.72 Å². The molecule has 1 heterocycles. The number of rotatable bonds is 6. The summed E-state index contributed by atoms with van der Waals surface area (Å²) in [5.41, 5.74) is 0.0777. The molecule has 0 aromatic heterocycles. The summed E-state index contributed by atoms with van der Waals surface area (Å²) in [4.78, 5) is 11.7. The Morgan fingerprint density at radius 2 is 2.17 bits per heavy atom. The number of hydrogen-bond donors (Lipinski definition) is 1. The fourth-order valence-corrected chi connectivity index (χ4v) is 5.35. The van der Waals surface area contributed by atoms with Crippen LogP contribution in [0.25, 0.3) is 0 Å². The van der Waals surface area contributed by atoms with Crippen molar-refractivity contribution in [1.82, 2.24) is 4.72 Å². The zero-order chi connectivity index (χ0) is 17.8. The first-order chi connectivity index (χ1) is 11.2. The molecule has 1 aliphatic rings. The molecule has 1 atom stereocenters. The van der Waals surface area contributed by atoms with Crippen LogP contribution in [0, 0.1) is 12.3 Å². The summed E-state index contributed by atoms with van der Waals surface area (Å²) in [5, 5.41) is 0. The monoisotopic (exact) mass is 371 g/mol. The Balaban J connectivity index is 2.12. The third-order valence-corrected chi connectivity index (χ3v) is 6.70. The van der Waals surface area contributed by atoms with Crippen LogP contribution in [-0.2, 0) is 24.6 Å². The quantitative estimate of drug-likeness (QED) is 0.439. The molecule has 1 N–H and O–H groups in total. The van der Waals surface area contributed by atoms with Gasteiger partial charge in [0.05, 0.1) is 22.0 Å². The number of sulfonamides is 1. The smallest absolute Gasteiger partial charge is 0.338 e. The van der Waals surface area contributed by atoms with E-state index in [-0.39, 0.29) is 41.4 Å². The Labute approximate surface area is 141 Å². The summed E-state index contributed by atoms with van der Waals surface area (Å²) in [5.74, 6) is 1.39. The minimum atomic E-state index is -3.93. The molecule has 1 aromatic carbocycles. The van der Waals surface area contributed by atoms with Crippen LogP contribution in [0.4, 0.5) is 0 Å². The van der Waals surface area contributed by atoms with Gasteiger partial charge >= 0.3 is 5.97 Å². The number of hydrogen-bond acceptors (Lipinski definition) is 6. The van der Waals surface area contributed by atoms with E-state index < -0.39 is 31.9 Å². The van der Waals surface area contributed by atoms with Crippen LogP contribution in [0.15, 0.2) is 29.2 Å². The van der Waals surface area contributed by atoms with Crippen molar-refractivity contribution in [2.45, 2.75) is 23.8 Å². The van der Waals surface area contributed by atoms with Gasteiger partial charge in [-0.05, 0) is 24.6 Å². The lowest BCUT2D eigenvalue weighted by Gasteiger charge is -2.12. The van der Waals surface area contributed by atoms with Crippen molar-refractivity contribution in [3.63, 3.8) is 0 Å². The lowest BCUT2D eigenvalue weighted by Crippen LogP contribution is -2.35. The van der Waals surface area contributed by atoms with E-state index in [9.17, 15) is 21.6 Å². The van der Waals surface area contributed by atoms with E-state index in [1.807, 2.05) is 0 Å². The van der Waals surface area contributed by atoms with Gasteiger partial charge in [0.25, 0.3) is 0 Å². The highest BCUT2D eigenvalue weighted by atomic mass is 32.2.